The van der Waals surface area contributed by atoms with Crippen LogP contribution in [0.1, 0.15) is 35.7 Å². The topological polar surface area (TPSA) is 93.0 Å². The Bertz CT molecular complexity index is 1130. The Labute approximate surface area is 186 Å². The van der Waals surface area contributed by atoms with E-state index in [0.717, 1.165) is 16.7 Å². The van der Waals surface area contributed by atoms with E-state index in [1.54, 1.807) is 0 Å². The van der Waals surface area contributed by atoms with Crippen LogP contribution >= 0.6 is 0 Å². The molecule has 0 fully saturated rings. The van der Waals surface area contributed by atoms with Crippen LogP contribution in [-0.2, 0) is 0 Å². The van der Waals surface area contributed by atoms with Gasteiger partial charge in [0.15, 0.2) is 0 Å². The molecular weight excluding hydrogens is 402 g/mol. The van der Waals surface area contributed by atoms with Gasteiger partial charge in [-0.25, -0.2) is 9.97 Å². The number of nitro groups is 1. The quantitative estimate of drug-likeness (QED) is 0.275. The molecule has 0 saturated carbocycles. The Morgan fingerprint density at radius 3 is 1.62 bits per heavy atom. The van der Waals surface area contributed by atoms with E-state index >= 15 is 0 Å². The van der Waals surface area contributed by atoms with Gasteiger partial charge in [0, 0.05) is 0 Å². The molecule has 1 aromatic heterocycles. The third kappa shape index (κ3) is 4.73. The molecule has 1 heterocycles. The van der Waals surface area contributed by atoms with E-state index in [9.17, 15) is 10.1 Å². The van der Waals surface area contributed by atoms with Crippen LogP contribution in [0.2, 0.25) is 0 Å². The highest BCUT2D eigenvalue weighted by Crippen LogP contribution is 2.35. The van der Waals surface area contributed by atoms with Gasteiger partial charge in [0.2, 0.25) is 11.6 Å². The monoisotopic (exact) mass is 425 g/mol. The summed E-state index contributed by atoms with van der Waals surface area (Å²) in [4.78, 5) is 20.0. The first kappa shape index (κ1) is 21.0. The molecule has 32 heavy (non-hydrogen) atoms. The Morgan fingerprint density at radius 2 is 1.16 bits per heavy atom. The number of benzene rings is 3. The second-order valence-corrected chi connectivity index (χ2v) is 7.35. The SMILES string of the molecule is CC(Nc1ncnc(NC(c2ccccc2)c2ccccc2)c1[N+](=O)[O-])c1ccccc1. The van der Waals surface area contributed by atoms with Crippen molar-refractivity contribution < 1.29 is 4.92 Å². The summed E-state index contributed by atoms with van der Waals surface area (Å²) in [5.41, 5.74) is 2.76. The van der Waals surface area contributed by atoms with Gasteiger partial charge in [-0.1, -0.05) is 91.0 Å². The Kier molecular flexibility index (Phi) is 6.36. The molecule has 0 spiro atoms. The standard InChI is InChI=1S/C25H23N5O2/c1-18(19-11-5-2-6-12-19)28-24-23(30(31)32)25(27-17-26-24)29-22(20-13-7-3-8-14-20)21-15-9-4-10-16-21/h2-18,22H,1H3,(H2,26,27,28,29). The van der Waals surface area contributed by atoms with Crippen LogP contribution in [0.25, 0.3) is 0 Å². The van der Waals surface area contributed by atoms with Gasteiger partial charge in [0.1, 0.15) is 6.33 Å². The second-order valence-electron chi connectivity index (χ2n) is 7.35. The molecule has 4 aromatic rings. The zero-order valence-corrected chi connectivity index (χ0v) is 17.6. The van der Waals surface area contributed by atoms with Crippen molar-refractivity contribution >= 4 is 17.3 Å². The third-order valence-corrected chi connectivity index (χ3v) is 5.20. The molecular formula is C25H23N5O2. The lowest BCUT2D eigenvalue weighted by Crippen LogP contribution is -2.16. The van der Waals surface area contributed by atoms with Gasteiger partial charge in [-0.15, -0.1) is 0 Å². The molecule has 2 N–H and O–H groups in total. The first-order valence-corrected chi connectivity index (χ1v) is 10.3. The molecule has 7 heteroatoms. The zero-order valence-electron chi connectivity index (χ0n) is 17.6. The fraction of sp³-hybridized carbons (Fsp3) is 0.120. The van der Waals surface area contributed by atoms with Gasteiger partial charge in [-0.2, -0.15) is 0 Å². The number of nitrogens with one attached hydrogen (secondary N) is 2. The Hall–Kier alpha value is -4.26. The van der Waals surface area contributed by atoms with Crippen LogP contribution in [-0.4, -0.2) is 14.9 Å². The van der Waals surface area contributed by atoms with Crippen LogP contribution in [0.5, 0.6) is 0 Å². The van der Waals surface area contributed by atoms with E-state index in [1.165, 1.54) is 6.33 Å². The summed E-state index contributed by atoms with van der Waals surface area (Å²) in [5, 5.41) is 18.5. The van der Waals surface area contributed by atoms with Crippen molar-refractivity contribution in [2.75, 3.05) is 10.6 Å². The lowest BCUT2D eigenvalue weighted by molar-refractivity contribution is -0.383. The molecule has 7 nitrogen and oxygen atoms in total. The zero-order chi connectivity index (χ0) is 22.3. The fourth-order valence-corrected chi connectivity index (χ4v) is 3.58. The van der Waals surface area contributed by atoms with Crippen LogP contribution in [0.15, 0.2) is 97.3 Å². The first-order chi connectivity index (χ1) is 15.6. The van der Waals surface area contributed by atoms with Crippen molar-refractivity contribution in [3.63, 3.8) is 0 Å². The van der Waals surface area contributed by atoms with Crippen LogP contribution in [0.4, 0.5) is 17.3 Å². The number of nitrogens with zero attached hydrogens (tertiary/aromatic N) is 3. The Morgan fingerprint density at radius 1 is 0.719 bits per heavy atom. The highest BCUT2D eigenvalue weighted by molar-refractivity contribution is 5.70. The number of rotatable bonds is 8. The summed E-state index contributed by atoms with van der Waals surface area (Å²) in [7, 11) is 0. The molecule has 1 atom stereocenters. The lowest BCUT2D eigenvalue weighted by Gasteiger charge is -2.21. The van der Waals surface area contributed by atoms with Crippen LogP contribution < -0.4 is 10.6 Å². The van der Waals surface area contributed by atoms with Crippen LogP contribution in [0.3, 0.4) is 0 Å². The normalized spacial score (nSPS) is 11.7. The minimum atomic E-state index is -0.449. The number of aromatic nitrogens is 2. The maximum atomic E-state index is 12.1. The average Bonchev–Trinajstić information content (AvgIpc) is 2.84. The summed E-state index contributed by atoms with van der Waals surface area (Å²) in [6, 6.07) is 28.8. The summed E-state index contributed by atoms with van der Waals surface area (Å²) in [6.07, 6.45) is 1.34. The molecule has 0 saturated heterocycles. The predicted molar refractivity (Wildman–Crippen MR) is 126 cm³/mol. The van der Waals surface area contributed by atoms with Crippen molar-refractivity contribution in [2.45, 2.75) is 19.0 Å². The van der Waals surface area contributed by atoms with Crippen molar-refractivity contribution in [2.24, 2.45) is 0 Å². The van der Waals surface area contributed by atoms with E-state index in [-0.39, 0.29) is 29.4 Å². The summed E-state index contributed by atoms with van der Waals surface area (Å²) in [5.74, 6) is 0.328. The van der Waals surface area contributed by atoms with Gasteiger partial charge >= 0.3 is 5.69 Å². The van der Waals surface area contributed by atoms with Crippen molar-refractivity contribution in [1.82, 2.24) is 9.97 Å². The fourth-order valence-electron chi connectivity index (χ4n) is 3.58. The average molecular weight is 425 g/mol. The van der Waals surface area contributed by atoms with Crippen molar-refractivity contribution in [3.8, 4) is 0 Å². The lowest BCUT2D eigenvalue weighted by atomic mass is 9.98. The number of anilines is 2. The highest BCUT2D eigenvalue weighted by atomic mass is 16.6. The first-order valence-electron chi connectivity index (χ1n) is 10.3. The minimum absolute atomic E-state index is 0.158. The molecule has 3 aromatic carbocycles. The highest BCUT2D eigenvalue weighted by Gasteiger charge is 2.27. The van der Waals surface area contributed by atoms with E-state index in [2.05, 4.69) is 20.6 Å². The van der Waals surface area contributed by atoms with Gasteiger partial charge in [-0.05, 0) is 23.6 Å². The second kappa shape index (κ2) is 9.70. The molecule has 160 valence electrons. The van der Waals surface area contributed by atoms with Crippen LogP contribution in [0, 0.1) is 10.1 Å². The molecule has 0 aliphatic rings. The maximum absolute atomic E-state index is 12.1. The van der Waals surface area contributed by atoms with Crippen molar-refractivity contribution in [1.29, 1.82) is 0 Å². The summed E-state index contributed by atoms with van der Waals surface area (Å²) >= 11 is 0. The smallest absolute Gasteiger partial charge is 0.353 e. The third-order valence-electron chi connectivity index (χ3n) is 5.20. The molecule has 1 unspecified atom stereocenters. The van der Waals surface area contributed by atoms with Gasteiger partial charge in [0.05, 0.1) is 17.0 Å². The van der Waals surface area contributed by atoms with Crippen molar-refractivity contribution in [3.05, 3.63) is 124 Å². The molecule has 0 radical (unpaired) electrons. The predicted octanol–water partition coefficient (Wildman–Crippen LogP) is 5.76. The molecule has 0 amide bonds. The summed E-state index contributed by atoms with van der Waals surface area (Å²) in [6.45, 7) is 1.94. The minimum Gasteiger partial charge on any atom is -0.358 e. The van der Waals surface area contributed by atoms with Gasteiger partial charge in [0.25, 0.3) is 0 Å². The Balaban J connectivity index is 1.71. The number of hydrogen-bond donors (Lipinski definition) is 2. The molecule has 0 aliphatic carbocycles. The largest absolute Gasteiger partial charge is 0.358 e. The molecule has 0 aliphatic heterocycles. The van der Waals surface area contributed by atoms with Gasteiger partial charge < -0.3 is 10.6 Å². The molecule has 0 bridgehead atoms. The van der Waals surface area contributed by atoms with E-state index < -0.39 is 4.92 Å². The van der Waals surface area contributed by atoms with Gasteiger partial charge in [-0.3, -0.25) is 10.1 Å². The van der Waals surface area contributed by atoms with E-state index in [0.29, 0.717) is 0 Å². The number of hydrogen-bond acceptors (Lipinski definition) is 6. The van der Waals surface area contributed by atoms with E-state index in [4.69, 9.17) is 0 Å². The maximum Gasteiger partial charge on any atom is 0.353 e. The summed E-state index contributed by atoms with van der Waals surface area (Å²) < 4.78 is 0. The van der Waals surface area contributed by atoms with E-state index in [1.807, 2.05) is 97.9 Å². The molecule has 4 rings (SSSR count).